The minimum Gasteiger partial charge on any atom is -0.504 e. The molecule has 0 aliphatic heterocycles. The molecule has 0 spiro atoms. The predicted molar refractivity (Wildman–Crippen MR) is 103 cm³/mol. The quantitative estimate of drug-likeness (QED) is 0.598. The van der Waals surface area contributed by atoms with Crippen molar-refractivity contribution in [2.24, 2.45) is 11.8 Å². The summed E-state index contributed by atoms with van der Waals surface area (Å²) in [4.78, 5) is 0. The molecule has 1 aliphatic carbocycles. The van der Waals surface area contributed by atoms with E-state index in [2.05, 4.69) is 0 Å². The predicted octanol–water partition coefficient (Wildman–Crippen LogP) is 2.03. The summed E-state index contributed by atoms with van der Waals surface area (Å²) in [5.41, 5.74) is 2.50. The lowest BCUT2D eigenvalue weighted by Crippen LogP contribution is -2.35. The second-order valence-electron chi connectivity index (χ2n) is 6.97. The number of benzene rings is 2. The number of hydrogen-bond donors (Lipinski definition) is 4. The van der Waals surface area contributed by atoms with Crippen LogP contribution < -0.4 is 14.2 Å². The van der Waals surface area contributed by atoms with Crippen molar-refractivity contribution in [3.8, 4) is 28.7 Å². The van der Waals surface area contributed by atoms with E-state index in [-0.39, 0.29) is 54.0 Å². The summed E-state index contributed by atoms with van der Waals surface area (Å²) < 4.78 is 15.8. The zero-order chi connectivity index (χ0) is 20.4. The van der Waals surface area contributed by atoms with Crippen LogP contribution in [0.15, 0.2) is 24.3 Å². The molecule has 152 valence electrons. The summed E-state index contributed by atoms with van der Waals surface area (Å²) in [6.07, 6.45) is 0.552. The fourth-order valence-electron chi connectivity index (χ4n) is 4.17. The van der Waals surface area contributed by atoms with Gasteiger partial charge in [0.25, 0.3) is 0 Å². The number of fused-ring (bicyclic) bond motifs is 1. The molecule has 0 saturated carbocycles. The number of ether oxygens (including phenoxy) is 3. The van der Waals surface area contributed by atoms with E-state index in [9.17, 15) is 20.4 Å². The van der Waals surface area contributed by atoms with Crippen LogP contribution in [0.1, 0.15) is 22.6 Å². The Balaban J connectivity index is 2.24. The van der Waals surface area contributed by atoms with Gasteiger partial charge in [-0.3, -0.25) is 0 Å². The summed E-state index contributed by atoms with van der Waals surface area (Å²) >= 11 is 0. The Morgan fingerprint density at radius 2 is 1.46 bits per heavy atom. The van der Waals surface area contributed by atoms with Crippen LogP contribution in [0, 0.1) is 11.8 Å². The van der Waals surface area contributed by atoms with Gasteiger partial charge >= 0.3 is 0 Å². The number of hydrogen-bond acceptors (Lipinski definition) is 7. The Morgan fingerprint density at radius 1 is 0.857 bits per heavy atom. The van der Waals surface area contributed by atoms with Crippen molar-refractivity contribution in [2.45, 2.75) is 12.3 Å². The van der Waals surface area contributed by atoms with Gasteiger partial charge in [0.1, 0.15) is 0 Å². The number of rotatable bonds is 6. The normalized spacial score (nSPS) is 21.1. The van der Waals surface area contributed by atoms with Crippen LogP contribution in [0.4, 0.5) is 0 Å². The lowest BCUT2D eigenvalue weighted by Gasteiger charge is -2.39. The average Bonchev–Trinajstić information content (AvgIpc) is 2.72. The molecule has 2 aromatic rings. The molecule has 0 fully saturated rings. The molecular formula is C21H26O7. The van der Waals surface area contributed by atoms with Gasteiger partial charge in [0, 0.05) is 19.1 Å². The molecule has 0 saturated heterocycles. The van der Waals surface area contributed by atoms with Gasteiger partial charge in [-0.15, -0.1) is 0 Å². The molecule has 7 heteroatoms. The second kappa shape index (κ2) is 8.16. The molecule has 7 nitrogen and oxygen atoms in total. The maximum Gasteiger partial charge on any atom is 0.200 e. The topological polar surface area (TPSA) is 109 Å². The second-order valence-corrected chi connectivity index (χ2v) is 6.97. The van der Waals surface area contributed by atoms with E-state index in [0.717, 1.165) is 16.7 Å². The van der Waals surface area contributed by atoms with Crippen molar-refractivity contribution in [3.05, 3.63) is 41.0 Å². The SMILES string of the molecule is COc1cc2c(cc1O)[C@H](c1cc(OC)c(O)c(OC)c1)[C@H](CO)[C@@H](CO)C2. The van der Waals surface area contributed by atoms with Crippen molar-refractivity contribution in [1.82, 2.24) is 0 Å². The summed E-state index contributed by atoms with van der Waals surface area (Å²) in [6.45, 7) is -0.232. The van der Waals surface area contributed by atoms with E-state index in [4.69, 9.17) is 14.2 Å². The summed E-state index contributed by atoms with van der Waals surface area (Å²) in [7, 11) is 4.38. The van der Waals surface area contributed by atoms with Crippen molar-refractivity contribution in [1.29, 1.82) is 0 Å². The monoisotopic (exact) mass is 390 g/mol. The molecule has 0 heterocycles. The molecule has 3 rings (SSSR count). The van der Waals surface area contributed by atoms with Crippen molar-refractivity contribution < 1.29 is 34.6 Å². The Morgan fingerprint density at radius 3 is 1.96 bits per heavy atom. The van der Waals surface area contributed by atoms with E-state index in [1.807, 2.05) is 0 Å². The van der Waals surface area contributed by atoms with E-state index < -0.39 is 0 Å². The number of methoxy groups -OCH3 is 3. The molecule has 3 atom stereocenters. The lowest BCUT2D eigenvalue weighted by molar-refractivity contribution is 0.101. The number of aromatic hydroxyl groups is 2. The number of aliphatic hydroxyl groups excluding tert-OH is 2. The molecular weight excluding hydrogens is 364 g/mol. The van der Waals surface area contributed by atoms with Gasteiger partial charge in [0.05, 0.1) is 21.3 Å². The van der Waals surface area contributed by atoms with E-state index in [1.165, 1.54) is 21.3 Å². The first-order valence-electron chi connectivity index (χ1n) is 9.05. The summed E-state index contributed by atoms with van der Waals surface area (Å²) in [6, 6.07) is 6.79. The van der Waals surface area contributed by atoms with Gasteiger partial charge in [-0.2, -0.15) is 0 Å². The van der Waals surface area contributed by atoms with Crippen LogP contribution in [0.3, 0.4) is 0 Å². The Labute approximate surface area is 163 Å². The molecule has 28 heavy (non-hydrogen) atoms. The molecule has 4 N–H and O–H groups in total. The maximum atomic E-state index is 10.3. The standard InChI is InChI=1S/C21H26O7/c1-26-17-5-11-4-13(9-22)15(10-23)20(14(11)8-16(17)24)12-6-18(27-2)21(25)19(7-12)28-3/h5-8,13,15,20,22-25H,4,9-10H2,1-3H3/t13-,15-,20+/m1/s1. The molecule has 0 unspecified atom stereocenters. The number of phenols is 2. The minimum atomic E-state index is -0.342. The van der Waals surface area contributed by atoms with Crippen LogP contribution in [-0.2, 0) is 6.42 Å². The highest BCUT2D eigenvalue weighted by atomic mass is 16.5. The van der Waals surface area contributed by atoms with Gasteiger partial charge in [-0.25, -0.2) is 0 Å². The van der Waals surface area contributed by atoms with Gasteiger partial charge in [0.2, 0.25) is 5.75 Å². The Bertz CT molecular complexity index is 824. The highest BCUT2D eigenvalue weighted by molar-refractivity contribution is 5.57. The molecule has 0 aromatic heterocycles. The minimum absolute atomic E-state index is 0.00287. The van der Waals surface area contributed by atoms with Crippen molar-refractivity contribution in [3.63, 3.8) is 0 Å². The largest absolute Gasteiger partial charge is 0.504 e. The third-order valence-electron chi connectivity index (χ3n) is 5.60. The zero-order valence-corrected chi connectivity index (χ0v) is 16.2. The van der Waals surface area contributed by atoms with Crippen LogP contribution in [0.2, 0.25) is 0 Å². The smallest absolute Gasteiger partial charge is 0.200 e. The Hall–Kier alpha value is -2.64. The summed E-state index contributed by atoms with van der Waals surface area (Å²) in [5, 5.41) is 40.6. The van der Waals surface area contributed by atoms with E-state index >= 15 is 0 Å². The highest BCUT2D eigenvalue weighted by Crippen LogP contribution is 2.49. The molecule has 0 bridgehead atoms. The fourth-order valence-corrected chi connectivity index (χ4v) is 4.17. The first kappa shape index (κ1) is 20.1. The van der Waals surface area contributed by atoms with Crippen LogP contribution in [0.25, 0.3) is 0 Å². The lowest BCUT2D eigenvalue weighted by atomic mass is 9.67. The van der Waals surface area contributed by atoms with Crippen LogP contribution in [0.5, 0.6) is 28.7 Å². The van der Waals surface area contributed by atoms with Crippen molar-refractivity contribution in [2.75, 3.05) is 34.5 Å². The van der Waals surface area contributed by atoms with Crippen molar-refractivity contribution >= 4 is 0 Å². The average molecular weight is 390 g/mol. The number of phenolic OH excluding ortho intramolecular Hbond substituents is 2. The van der Waals surface area contributed by atoms with Gasteiger partial charge in [-0.1, -0.05) is 0 Å². The molecule has 2 aromatic carbocycles. The first-order valence-corrected chi connectivity index (χ1v) is 9.05. The Kier molecular flexibility index (Phi) is 5.86. The highest BCUT2D eigenvalue weighted by Gasteiger charge is 2.38. The molecule has 0 radical (unpaired) electrons. The third-order valence-corrected chi connectivity index (χ3v) is 5.60. The first-order chi connectivity index (χ1) is 13.5. The van der Waals surface area contributed by atoms with Crippen LogP contribution >= 0.6 is 0 Å². The van der Waals surface area contributed by atoms with Crippen LogP contribution in [-0.4, -0.2) is 55.0 Å². The zero-order valence-electron chi connectivity index (χ0n) is 16.2. The number of aliphatic hydroxyl groups is 2. The van der Waals surface area contributed by atoms with Gasteiger partial charge in [-0.05, 0) is 59.2 Å². The summed E-state index contributed by atoms with van der Waals surface area (Å²) in [5.74, 6) is -0.0620. The fraction of sp³-hybridized carbons (Fsp3) is 0.429. The molecule has 1 aliphatic rings. The maximum absolute atomic E-state index is 10.3. The van der Waals surface area contributed by atoms with E-state index in [1.54, 1.807) is 24.3 Å². The molecule has 0 amide bonds. The third kappa shape index (κ3) is 3.31. The van der Waals surface area contributed by atoms with Gasteiger partial charge in [0.15, 0.2) is 23.0 Å². The van der Waals surface area contributed by atoms with Gasteiger partial charge < -0.3 is 34.6 Å². The van der Waals surface area contributed by atoms with E-state index in [0.29, 0.717) is 12.2 Å².